The highest BCUT2D eigenvalue weighted by Gasteiger charge is 2.19. The average molecular weight is 479 g/mol. The maximum Gasteiger partial charge on any atom is 0.212 e. The Balaban J connectivity index is 1.91. The average Bonchev–Trinajstić information content (AvgIpc) is 3.14. The first-order valence-electron chi connectivity index (χ1n) is 10.2. The molecule has 31 heavy (non-hydrogen) atoms. The summed E-state index contributed by atoms with van der Waals surface area (Å²) in [5, 5.41) is 9.95. The van der Waals surface area contributed by atoms with E-state index in [1.165, 1.54) is 11.1 Å². The van der Waals surface area contributed by atoms with Gasteiger partial charge in [-0.2, -0.15) is 0 Å². The van der Waals surface area contributed by atoms with Gasteiger partial charge >= 0.3 is 0 Å². The minimum atomic E-state index is -3.37. The second-order valence-corrected chi connectivity index (χ2v) is 10.7. The van der Waals surface area contributed by atoms with Crippen molar-refractivity contribution in [2.45, 2.75) is 51.1 Å². The molecule has 1 aromatic heterocycles. The van der Waals surface area contributed by atoms with Crippen molar-refractivity contribution < 1.29 is 8.42 Å². The zero-order chi connectivity index (χ0) is 22.4. The molecule has 9 heteroatoms. The smallest absolute Gasteiger partial charge is 0.212 e. The lowest BCUT2D eigenvalue weighted by Gasteiger charge is -2.14. The lowest BCUT2D eigenvalue weighted by molar-refractivity contribution is 0.575. The van der Waals surface area contributed by atoms with Crippen LogP contribution in [0.3, 0.4) is 0 Å². The van der Waals surface area contributed by atoms with E-state index in [0.29, 0.717) is 22.4 Å². The third-order valence-electron chi connectivity index (χ3n) is 4.78. The van der Waals surface area contributed by atoms with Gasteiger partial charge in [0, 0.05) is 10.8 Å². The van der Waals surface area contributed by atoms with E-state index in [4.69, 9.17) is 11.6 Å². The van der Waals surface area contributed by atoms with Crippen molar-refractivity contribution in [3.63, 3.8) is 0 Å². The van der Waals surface area contributed by atoms with Gasteiger partial charge in [0.05, 0.1) is 18.0 Å². The van der Waals surface area contributed by atoms with Crippen molar-refractivity contribution in [1.82, 2.24) is 19.5 Å². The minimum Gasteiger partial charge on any atom is -0.273 e. The summed E-state index contributed by atoms with van der Waals surface area (Å²) < 4.78 is 29.1. The second kappa shape index (κ2) is 10.6. The lowest BCUT2D eigenvalue weighted by atomic mass is 10.2. The molecule has 0 unspecified atom stereocenters. The fourth-order valence-corrected chi connectivity index (χ4v) is 5.34. The SMILES string of the molecule is CCCCS(=O)(=O)NCc1nnc(SCc2cccc(C)c2)n1-c1cc(Cl)ccc1C. The van der Waals surface area contributed by atoms with E-state index in [-0.39, 0.29) is 12.3 Å². The maximum absolute atomic E-state index is 12.3. The number of unbranched alkanes of at least 4 members (excludes halogenated alkanes) is 1. The highest BCUT2D eigenvalue weighted by Crippen LogP contribution is 2.28. The van der Waals surface area contributed by atoms with Crippen molar-refractivity contribution in [2.75, 3.05) is 5.75 Å². The van der Waals surface area contributed by atoms with Gasteiger partial charge in [0.1, 0.15) is 0 Å². The van der Waals surface area contributed by atoms with Gasteiger partial charge in [-0.25, -0.2) is 13.1 Å². The first kappa shape index (κ1) is 23.8. The first-order chi connectivity index (χ1) is 14.8. The van der Waals surface area contributed by atoms with Crippen molar-refractivity contribution in [3.05, 3.63) is 70.0 Å². The van der Waals surface area contributed by atoms with Crippen molar-refractivity contribution >= 4 is 33.4 Å². The first-order valence-corrected chi connectivity index (χ1v) is 13.2. The Bertz CT molecular complexity index is 1150. The highest BCUT2D eigenvalue weighted by molar-refractivity contribution is 7.98. The van der Waals surface area contributed by atoms with Crippen LogP contribution >= 0.6 is 23.4 Å². The third-order valence-corrected chi connectivity index (χ3v) is 7.43. The lowest BCUT2D eigenvalue weighted by Crippen LogP contribution is -2.27. The molecule has 0 fully saturated rings. The predicted molar refractivity (Wildman–Crippen MR) is 127 cm³/mol. The number of sulfonamides is 1. The van der Waals surface area contributed by atoms with Gasteiger partial charge < -0.3 is 0 Å². The Labute approximate surface area is 193 Å². The van der Waals surface area contributed by atoms with Crippen molar-refractivity contribution in [3.8, 4) is 5.69 Å². The Hall–Kier alpha value is -1.87. The molecule has 0 aliphatic carbocycles. The molecule has 0 aliphatic rings. The van der Waals surface area contributed by atoms with Crippen LogP contribution in [0.1, 0.15) is 42.3 Å². The maximum atomic E-state index is 12.3. The van der Waals surface area contributed by atoms with Crippen LogP contribution < -0.4 is 4.72 Å². The Morgan fingerprint density at radius 3 is 2.68 bits per heavy atom. The van der Waals surface area contributed by atoms with Crippen molar-refractivity contribution in [1.29, 1.82) is 0 Å². The second-order valence-electron chi connectivity index (χ2n) is 7.44. The molecule has 0 bridgehead atoms. The number of thioether (sulfide) groups is 1. The van der Waals surface area contributed by atoms with Crippen LogP contribution in [0.4, 0.5) is 0 Å². The molecule has 0 amide bonds. The summed E-state index contributed by atoms with van der Waals surface area (Å²) >= 11 is 7.82. The number of aromatic nitrogens is 3. The third kappa shape index (κ3) is 6.55. The van der Waals surface area contributed by atoms with Crippen LogP contribution in [0, 0.1) is 13.8 Å². The molecule has 1 N–H and O–H groups in total. The largest absolute Gasteiger partial charge is 0.273 e. The number of nitrogens with zero attached hydrogens (tertiary/aromatic N) is 3. The summed E-state index contributed by atoms with van der Waals surface area (Å²) in [5.74, 6) is 1.35. The summed E-state index contributed by atoms with van der Waals surface area (Å²) in [4.78, 5) is 0. The molecule has 1 heterocycles. The quantitative estimate of drug-likeness (QED) is 0.412. The van der Waals surface area contributed by atoms with Gasteiger partial charge in [-0.15, -0.1) is 10.2 Å². The van der Waals surface area contributed by atoms with Crippen LogP contribution in [0.15, 0.2) is 47.6 Å². The zero-order valence-corrected chi connectivity index (χ0v) is 20.3. The normalized spacial score (nSPS) is 11.7. The fraction of sp³-hybridized carbons (Fsp3) is 0.364. The molecule has 0 saturated carbocycles. The van der Waals surface area contributed by atoms with E-state index in [9.17, 15) is 8.42 Å². The van der Waals surface area contributed by atoms with E-state index in [1.807, 2.05) is 42.7 Å². The van der Waals surface area contributed by atoms with E-state index < -0.39 is 10.0 Å². The fourth-order valence-electron chi connectivity index (χ4n) is 3.10. The van der Waals surface area contributed by atoms with Crippen LogP contribution in [0.2, 0.25) is 5.02 Å². The van der Waals surface area contributed by atoms with Crippen LogP contribution in [-0.4, -0.2) is 28.9 Å². The Morgan fingerprint density at radius 1 is 1.13 bits per heavy atom. The number of nitrogens with one attached hydrogen (secondary N) is 1. The number of halogens is 1. The minimum absolute atomic E-state index is 0.0655. The van der Waals surface area contributed by atoms with Gasteiger partial charge in [0.2, 0.25) is 10.0 Å². The molecule has 0 aliphatic heterocycles. The molecule has 0 radical (unpaired) electrons. The summed E-state index contributed by atoms with van der Waals surface area (Å²) in [6.07, 6.45) is 1.44. The zero-order valence-electron chi connectivity index (χ0n) is 17.9. The molecule has 3 rings (SSSR count). The van der Waals surface area contributed by atoms with Gasteiger partial charge in [-0.1, -0.05) is 72.6 Å². The van der Waals surface area contributed by atoms with Crippen LogP contribution in [0.5, 0.6) is 0 Å². The standard InChI is InChI=1S/C22H27ClN4O2S2/c1-4-5-11-31(28,29)24-14-21-25-26-22(30-15-18-8-6-7-16(2)12-18)27(21)20-13-19(23)10-9-17(20)3/h6-10,12-13,24H,4-5,11,14-15H2,1-3H3. The predicted octanol–water partition coefficient (Wildman–Crippen LogP) is 5.05. The molecule has 166 valence electrons. The molecule has 6 nitrogen and oxygen atoms in total. The van der Waals surface area contributed by atoms with E-state index >= 15 is 0 Å². The summed E-state index contributed by atoms with van der Waals surface area (Å²) in [7, 11) is -3.37. The molecular weight excluding hydrogens is 452 g/mol. The molecule has 0 atom stereocenters. The van der Waals surface area contributed by atoms with E-state index in [0.717, 1.165) is 23.4 Å². The van der Waals surface area contributed by atoms with E-state index in [2.05, 4.69) is 40.0 Å². The monoisotopic (exact) mass is 478 g/mol. The number of aryl methyl sites for hydroxylation is 2. The van der Waals surface area contributed by atoms with Crippen LogP contribution in [-0.2, 0) is 22.3 Å². The summed E-state index contributed by atoms with van der Waals surface area (Å²) in [5.41, 5.74) is 4.22. The Kier molecular flexibility index (Phi) is 8.16. The van der Waals surface area contributed by atoms with E-state index in [1.54, 1.807) is 11.8 Å². The summed E-state index contributed by atoms with van der Waals surface area (Å²) in [6, 6.07) is 13.9. The number of rotatable bonds is 10. The topological polar surface area (TPSA) is 76.9 Å². The number of benzene rings is 2. The van der Waals surface area contributed by atoms with Crippen molar-refractivity contribution in [2.24, 2.45) is 0 Å². The summed E-state index contributed by atoms with van der Waals surface area (Å²) in [6.45, 7) is 6.08. The van der Waals surface area contributed by atoms with Gasteiger partial charge in [-0.3, -0.25) is 4.57 Å². The molecule has 2 aromatic carbocycles. The molecule has 3 aromatic rings. The molecular formula is C22H27ClN4O2S2. The number of hydrogen-bond donors (Lipinski definition) is 1. The Morgan fingerprint density at radius 2 is 1.94 bits per heavy atom. The molecule has 0 saturated heterocycles. The van der Waals surface area contributed by atoms with Gasteiger partial charge in [0.15, 0.2) is 11.0 Å². The van der Waals surface area contributed by atoms with Crippen LogP contribution in [0.25, 0.3) is 5.69 Å². The molecule has 0 spiro atoms. The number of hydrogen-bond acceptors (Lipinski definition) is 5. The van der Waals surface area contributed by atoms with Gasteiger partial charge in [0.25, 0.3) is 0 Å². The highest BCUT2D eigenvalue weighted by atomic mass is 35.5. The van der Waals surface area contributed by atoms with Gasteiger partial charge in [-0.05, 0) is 43.5 Å².